The van der Waals surface area contributed by atoms with Crippen LogP contribution in [0.4, 0.5) is 11.8 Å². The fraction of sp³-hybridized carbons (Fsp3) is 0.455. The molecule has 1 aromatic rings. The molecular formula is C11H18N4O. The average Bonchev–Trinajstić information content (AvgIpc) is 2.26. The molecule has 0 saturated carbocycles. The summed E-state index contributed by atoms with van der Waals surface area (Å²) in [6.45, 7) is 5.36. The highest BCUT2D eigenvalue weighted by molar-refractivity contribution is 5.42. The first-order valence-electron chi connectivity index (χ1n) is 5.38. The summed E-state index contributed by atoms with van der Waals surface area (Å²) in [4.78, 5) is 8.04. The van der Waals surface area contributed by atoms with Crippen LogP contribution in [0.2, 0.25) is 0 Å². The standard InChI is InChI=1S/C11H18N4O/c1-3-5-7-16-10-8-9(13-6-4-2)14-11(12)15-10/h3,5,8H,4,6-7H2,1-2H3,(H3,12,13,14,15)/b5-3+. The molecule has 5 heteroatoms. The van der Waals surface area contributed by atoms with Crippen molar-refractivity contribution in [2.75, 3.05) is 24.2 Å². The van der Waals surface area contributed by atoms with Gasteiger partial charge < -0.3 is 15.8 Å². The van der Waals surface area contributed by atoms with E-state index in [-0.39, 0.29) is 5.95 Å². The number of ether oxygens (including phenoxy) is 1. The number of nitrogens with zero attached hydrogens (tertiary/aromatic N) is 2. The van der Waals surface area contributed by atoms with Crippen molar-refractivity contribution >= 4 is 11.8 Å². The Morgan fingerprint density at radius 2 is 2.31 bits per heavy atom. The Hall–Kier alpha value is -1.78. The topological polar surface area (TPSA) is 73.1 Å². The van der Waals surface area contributed by atoms with Crippen LogP contribution in [0.25, 0.3) is 0 Å². The molecule has 0 bridgehead atoms. The van der Waals surface area contributed by atoms with Gasteiger partial charge in [0.05, 0.1) is 0 Å². The summed E-state index contributed by atoms with van der Waals surface area (Å²) in [6.07, 6.45) is 4.84. The Bertz CT molecular complexity index is 352. The molecule has 0 spiro atoms. The first-order valence-corrected chi connectivity index (χ1v) is 5.38. The number of hydrogen-bond acceptors (Lipinski definition) is 5. The minimum absolute atomic E-state index is 0.219. The van der Waals surface area contributed by atoms with Crippen LogP contribution in [-0.4, -0.2) is 23.1 Å². The molecule has 0 fully saturated rings. The normalized spacial score (nSPS) is 10.6. The van der Waals surface area contributed by atoms with Gasteiger partial charge in [-0.05, 0) is 13.3 Å². The smallest absolute Gasteiger partial charge is 0.225 e. The highest BCUT2D eigenvalue weighted by Gasteiger charge is 2.01. The number of hydrogen-bond donors (Lipinski definition) is 2. The van der Waals surface area contributed by atoms with Crippen molar-refractivity contribution in [2.24, 2.45) is 0 Å². The number of nitrogens with one attached hydrogen (secondary N) is 1. The van der Waals surface area contributed by atoms with E-state index in [9.17, 15) is 0 Å². The van der Waals surface area contributed by atoms with Crippen LogP contribution in [-0.2, 0) is 0 Å². The molecule has 1 rings (SSSR count). The Labute approximate surface area is 95.7 Å². The van der Waals surface area contributed by atoms with E-state index in [1.54, 1.807) is 6.07 Å². The molecule has 1 aromatic heterocycles. The average molecular weight is 222 g/mol. The Morgan fingerprint density at radius 1 is 1.50 bits per heavy atom. The summed E-state index contributed by atoms with van der Waals surface area (Å²) in [5.41, 5.74) is 5.58. The summed E-state index contributed by atoms with van der Waals surface area (Å²) in [6, 6.07) is 1.75. The molecule has 0 amide bonds. The summed E-state index contributed by atoms with van der Waals surface area (Å²) < 4.78 is 5.39. The number of nitrogen functional groups attached to an aromatic ring is 1. The van der Waals surface area contributed by atoms with E-state index >= 15 is 0 Å². The second-order valence-corrected chi connectivity index (χ2v) is 3.26. The summed E-state index contributed by atoms with van der Waals surface area (Å²) in [7, 11) is 0. The molecule has 16 heavy (non-hydrogen) atoms. The van der Waals surface area contributed by atoms with Crippen LogP contribution >= 0.6 is 0 Å². The van der Waals surface area contributed by atoms with Crippen LogP contribution in [0.5, 0.6) is 5.88 Å². The van der Waals surface area contributed by atoms with E-state index in [2.05, 4.69) is 22.2 Å². The zero-order valence-corrected chi connectivity index (χ0v) is 9.73. The summed E-state index contributed by atoms with van der Waals surface area (Å²) in [5.74, 6) is 1.41. The highest BCUT2D eigenvalue weighted by atomic mass is 16.5. The third-order valence-electron chi connectivity index (χ3n) is 1.84. The second kappa shape index (κ2) is 6.66. The predicted octanol–water partition coefficient (Wildman–Crippen LogP) is 1.84. The van der Waals surface area contributed by atoms with Gasteiger partial charge in [-0.1, -0.05) is 19.1 Å². The van der Waals surface area contributed by atoms with Gasteiger partial charge in [0.1, 0.15) is 12.4 Å². The molecule has 0 aliphatic rings. The van der Waals surface area contributed by atoms with Gasteiger partial charge in [-0.25, -0.2) is 0 Å². The van der Waals surface area contributed by atoms with E-state index in [1.807, 2.05) is 19.1 Å². The largest absolute Gasteiger partial charge is 0.473 e. The minimum atomic E-state index is 0.219. The van der Waals surface area contributed by atoms with E-state index in [4.69, 9.17) is 10.5 Å². The second-order valence-electron chi connectivity index (χ2n) is 3.26. The van der Waals surface area contributed by atoms with Gasteiger partial charge in [0.25, 0.3) is 0 Å². The van der Waals surface area contributed by atoms with Crippen LogP contribution in [0.3, 0.4) is 0 Å². The van der Waals surface area contributed by atoms with Gasteiger partial charge >= 0.3 is 0 Å². The van der Waals surface area contributed by atoms with Crippen LogP contribution < -0.4 is 15.8 Å². The molecule has 0 aromatic carbocycles. The van der Waals surface area contributed by atoms with Crippen LogP contribution in [0.15, 0.2) is 18.2 Å². The van der Waals surface area contributed by atoms with Crippen molar-refractivity contribution in [1.29, 1.82) is 0 Å². The lowest BCUT2D eigenvalue weighted by molar-refractivity contribution is 0.348. The zero-order valence-electron chi connectivity index (χ0n) is 9.73. The number of rotatable bonds is 6. The highest BCUT2D eigenvalue weighted by Crippen LogP contribution is 2.14. The van der Waals surface area contributed by atoms with E-state index in [1.165, 1.54) is 0 Å². The monoisotopic (exact) mass is 222 g/mol. The maximum atomic E-state index is 5.58. The maximum Gasteiger partial charge on any atom is 0.225 e. The molecule has 88 valence electrons. The SMILES string of the molecule is C/C=C/COc1cc(NCCC)nc(N)n1. The molecule has 0 unspecified atom stereocenters. The molecule has 0 radical (unpaired) electrons. The van der Waals surface area contributed by atoms with Crippen molar-refractivity contribution in [3.63, 3.8) is 0 Å². The number of nitrogens with two attached hydrogens (primary N) is 1. The fourth-order valence-corrected chi connectivity index (χ4v) is 1.09. The van der Waals surface area contributed by atoms with Crippen molar-refractivity contribution in [2.45, 2.75) is 20.3 Å². The van der Waals surface area contributed by atoms with Gasteiger partial charge in [0, 0.05) is 12.6 Å². The molecule has 0 aliphatic heterocycles. The first kappa shape index (κ1) is 12.3. The van der Waals surface area contributed by atoms with E-state index in [0.29, 0.717) is 18.3 Å². The molecule has 0 atom stereocenters. The fourth-order valence-electron chi connectivity index (χ4n) is 1.09. The predicted molar refractivity (Wildman–Crippen MR) is 65.5 cm³/mol. The number of aromatic nitrogens is 2. The van der Waals surface area contributed by atoms with E-state index in [0.717, 1.165) is 13.0 Å². The van der Waals surface area contributed by atoms with Gasteiger partial charge in [0.15, 0.2) is 0 Å². The molecule has 5 nitrogen and oxygen atoms in total. The number of allylic oxidation sites excluding steroid dienone is 1. The quantitative estimate of drug-likeness (QED) is 0.718. The Morgan fingerprint density at radius 3 is 3.00 bits per heavy atom. The zero-order chi connectivity index (χ0) is 11.8. The van der Waals surface area contributed by atoms with Crippen molar-refractivity contribution in [1.82, 2.24) is 9.97 Å². The van der Waals surface area contributed by atoms with E-state index < -0.39 is 0 Å². The lowest BCUT2D eigenvalue weighted by Crippen LogP contribution is -2.06. The van der Waals surface area contributed by atoms with Crippen molar-refractivity contribution in [3.05, 3.63) is 18.2 Å². The lowest BCUT2D eigenvalue weighted by atomic mass is 10.4. The lowest BCUT2D eigenvalue weighted by Gasteiger charge is -2.07. The third-order valence-corrected chi connectivity index (χ3v) is 1.84. The van der Waals surface area contributed by atoms with Crippen molar-refractivity contribution < 1.29 is 4.74 Å². The molecular weight excluding hydrogens is 204 g/mol. The Balaban J connectivity index is 2.65. The van der Waals surface area contributed by atoms with Gasteiger partial charge in [-0.2, -0.15) is 9.97 Å². The summed E-state index contributed by atoms with van der Waals surface area (Å²) in [5, 5.41) is 3.14. The van der Waals surface area contributed by atoms with Gasteiger partial charge in [0.2, 0.25) is 11.8 Å². The number of anilines is 2. The summed E-state index contributed by atoms with van der Waals surface area (Å²) >= 11 is 0. The van der Waals surface area contributed by atoms with Crippen molar-refractivity contribution in [3.8, 4) is 5.88 Å². The molecule has 3 N–H and O–H groups in total. The molecule has 0 aliphatic carbocycles. The van der Waals surface area contributed by atoms with Crippen LogP contribution in [0.1, 0.15) is 20.3 Å². The maximum absolute atomic E-state index is 5.58. The first-order chi connectivity index (χ1) is 7.76. The molecule has 1 heterocycles. The van der Waals surface area contributed by atoms with Gasteiger partial charge in [-0.3, -0.25) is 0 Å². The third kappa shape index (κ3) is 4.16. The van der Waals surface area contributed by atoms with Crippen LogP contribution in [0, 0.1) is 0 Å². The van der Waals surface area contributed by atoms with Gasteiger partial charge in [-0.15, -0.1) is 0 Å². The minimum Gasteiger partial charge on any atom is -0.473 e. The Kier molecular flexibility index (Phi) is 5.11. The molecule has 0 saturated heterocycles.